The van der Waals surface area contributed by atoms with E-state index in [1.165, 1.54) is 5.57 Å². The maximum absolute atomic E-state index is 14.3. The van der Waals surface area contributed by atoms with Gasteiger partial charge in [0.05, 0.1) is 5.41 Å². The van der Waals surface area contributed by atoms with Crippen molar-refractivity contribution in [3.8, 4) is 0 Å². The molecule has 0 saturated heterocycles. The Hall–Kier alpha value is -2.79. The predicted molar refractivity (Wildman–Crippen MR) is 151 cm³/mol. The highest BCUT2D eigenvalue weighted by atomic mass is 16.4. The van der Waals surface area contributed by atoms with Gasteiger partial charge in [-0.25, -0.2) is 0 Å². The highest BCUT2D eigenvalue weighted by Gasteiger charge is 2.67. The maximum Gasteiger partial charge on any atom is 0.309 e. The van der Waals surface area contributed by atoms with Crippen molar-refractivity contribution in [2.75, 3.05) is 6.54 Å². The third-order valence-electron chi connectivity index (χ3n) is 11.4. The van der Waals surface area contributed by atoms with Gasteiger partial charge in [-0.15, -0.1) is 0 Å². The summed E-state index contributed by atoms with van der Waals surface area (Å²) < 4.78 is 0. The van der Waals surface area contributed by atoms with Crippen LogP contribution in [0, 0.1) is 39.9 Å². The topological polar surface area (TPSA) is 83.5 Å². The molecule has 206 valence electrons. The van der Waals surface area contributed by atoms with Crippen molar-refractivity contribution in [1.29, 1.82) is 0 Å². The van der Waals surface area contributed by atoms with Gasteiger partial charge in [-0.2, -0.15) is 0 Å². The fourth-order valence-electron chi connectivity index (χ4n) is 9.61. The number of carbonyl (C=O) groups excluding carboxylic acids is 2. The van der Waals surface area contributed by atoms with Gasteiger partial charge in [0.1, 0.15) is 0 Å². The van der Waals surface area contributed by atoms with Crippen LogP contribution in [0.3, 0.4) is 0 Å². The Morgan fingerprint density at radius 1 is 1.05 bits per heavy atom. The van der Waals surface area contributed by atoms with Gasteiger partial charge in [0.25, 0.3) is 0 Å². The highest BCUT2D eigenvalue weighted by Crippen LogP contribution is 2.72. The number of benzene rings is 1. The Kier molecular flexibility index (Phi) is 6.18. The smallest absolute Gasteiger partial charge is 0.309 e. The minimum Gasteiger partial charge on any atom is -0.481 e. The lowest BCUT2D eigenvalue weighted by molar-refractivity contribution is -0.175. The van der Waals surface area contributed by atoms with Crippen molar-refractivity contribution < 1.29 is 19.5 Å². The Bertz CT molecular complexity index is 1340. The zero-order chi connectivity index (χ0) is 27.7. The second-order valence-electron chi connectivity index (χ2n) is 13.6. The fourth-order valence-corrected chi connectivity index (χ4v) is 9.61. The molecule has 2 N–H and O–H groups in total. The van der Waals surface area contributed by atoms with Crippen LogP contribution in [0.25, 0.3) is 0 Å². The van der Waals surface area contributed by atoms with Crippen LogP contribution in [0.5, 0.6) is 0 Å². The Balaban J connectivity index is 1.38. The normalized spacial score (nSPS) is 37.2. The van der Waals surface area contributed by atoms with Crippen LogP contribution < -0.4 is 5.32 Å². The van der Waals surface area contributed by atoms with Gasteiger partial charge in [-0.1, -0.05) is 69.2 Å². The van der Waals surface area contributed by atoms with Crippen LogP contribution in [-0.4, -0.2) is 29.2 Å². The van der Waals surface area contributed by atoms with Crippen molar-refractivity contribution >= 4 is 17.5 Å². The minimum atomic E-state index is -0.744. The molecule has 1 spiro atoms. The van der Waals surface area contributed by atoms with Crippen LogP contribution >= 0.6 is 0 Å². The molecule has 39 heavy (non-hydrogen) atoms. The molecule has 5 heteroatoms. The van der Waals surface area contributed by atoms with E-state index in [0.717, 1.165) is 48.8 Å². The van der Waals surface area contributed by atoms with Crippen molar-refractivity contribution in [2.45, 2.75) is 72.8 Å². The molecule has 5 nitrogen and oxygen atoms in total. The number of rotatable bonds is 6. The molecule has 0 radical (unpaired) electrons. The van der Waals surface area contributed by atoms with Gasteiger partial charge in [-0.3, -0.25) is 14.4 Å². The van der Waals surface area contributed by atoms with E-state index in [0.29, 0.717) is 31.0 Å². The monoisotopic (exact) mass is 527 g/mol. The highest BCUT2D eigenvalue weighted by molar-refractivity contribution is 6.24. The number of Topliss-reactive ketones (excluding diaryl/α,β-unsaturated/α-hetero) is 1. The van der Waals surface area contributed by atoms with E-state index in [9.17, 15) is 19.5 Å². The summed E-state index contributed by atoms with van der Waals surface area (Å²) in [5.74, 6) is -0.173. The summed E-state index contributed by atoms with van der Waals surface area (Å²) in [4.78, 5) is 40.7. The number of hydrogen-bond acceptors (Lipinski definition) is 4. The van der Waals surface area contributed by atoms with E-state index < -0.39 is 16.8 Å². The number of carboxylic acids is 1. The Morgan fingerprint density at radius 3 is 2.49 bits per heavy atom. The molecular formula is C34H41NO4. The zero-order valence-electron chi connectivity index (χ0n) is 23.7. The molecule has 7 rings (SSSR count). The number of ketones is 2. The molecule has 2 bridgehead atoms. The quantitative estimate of drug-likeness (QED) is 0.347. The first kappa shape index (κ1) is 26.4. The average molecular weight is 528 g/mol. The van der Waals surface area contributed by atoms with E-state index in [1.54, 1.807) is 6.08 Å². The molecule has 6 aliphatic rings. The van der Waals surface area contributed by atoms with E-state index >= 15 is 0 Å². The van der Waals surface area contributed by atoms with Gasteiger partial charge in [0, 0.05) is 41.1 Å². The summed E-state index contributed by atoms with van der Waals surface area (Å²) in [7, 11) is 0. The summed E-state index contributed by atoms with van der Waals surface area (Å²) in [6.07, 6.45) is 8.94. The fraction of sp³-hybridized carbons (Fsp3) is 0.559. The lowest BCUT2D eigenvalue weighted by Gasteiger charge is -2.66. The average Bonchev–Trinajstić information content (AvgIpc) is 2.90. The molecule has 0 heterocycles. The predicted octanol–water partition coefficient (Wildman–Crippen LogP) is 6.06. The first-order valence-corrected chi connectivity index (χ1v) is 14.8. The van der Waals surface area contributed by atoms with E-state index in [2.05, 4.69) is 32.2 Å². The van der Waals surface area contributed by atoms with Crippen molar-refractivity contribution in [1.82, 2.24) is 5.32 Å². The van der Waals surface area contributed by atoms with Gasteiger partial charge in [0.15, 0.2) is 11.6 Å². The van der Waals surface area contributed by atoms with Crippen molar-refractivity contribution in [2.24, 2.45) is 39.9 Å². The van der Waals surface area contributed by atoms with Crippen LogP contribution in [0.1, 0.15) is 71.8 Å². The summed E-state index contributed by atoms with van der Waals surface area (Å²) in [5, 5.41) is 13.7. The number of aliphatic carboxylic acids is 1. The Labute approximate surface area is 231 Å². The molecule has 6 unspecified atom stereocenters. The number of fused-ring (bicyclic) bond motifs is 1. The summed E-state index contributed by atoms with van der Waals surface area (Å²) in [5.41, 5.74) is 3.06. The molecule has 1 aromatic rings. The SMILES string of the molecule is CC(C)C1=CC23CCC4C(C)(C(=O)O)CCCC4(C)C2CC1C1=C3C(=O)C(CNCc2ccccc2)=CC1=O. The van der Waals surface area contributed by atoms with Crippen molar-refractivity contribution in [3.05, 3.63) is 70.3 Å². The standard InChI is InChI=1S/C34H41NO4/c1-20(2)24-17-34-14-11-26-32(3,12-8-13-33(26,4)31(38)39)27(34)16-23(24)28-25(36)15-22(30(37)29(28)34)19-35-18-21-9-6-5-7-10-21/h5-7,9-10,15,17,20,23,26-27,35H,8,11-14,16,18-19H2,1-4H3,(H,38,39). The summed E-state index contributed by atoms with van der Waals surface area (Å²) in [6, 6.07) is 10.1. The van der Waals surface area contributed by atoms with Crippen LogP contribution in [0.4, 0.5) is 0 Å². The minimum absolute atomic E-state index is 0.00137. The van der Waals surface area contributed by atoms with E-state index in [1.807, 2.05) is 37.3 Å². The lowest BCUT2D eigenvalue weighted by atomic mass is 9.36. The van der Waals surface area contributed by atoms with Gasteiger partial charge in [0.2, 0.25) is 0 Å². The molecule has 6 aliphatic carbocycles. The summed E-state index contributed by atoms with van der Waals surface area (Å²) in [6.45, 7) is 9.63. The number of carbonyl (C=O) groups is 3. The molecule has 2 saturated carbocycles. The summed E-state index contributed by atoms with van der Waals surface area (Å²) >= 11 is 0. The number of carboxylic acid groups (broad SMARTS) is 1. The number of nitrogens with one attached hydrogen (secondary N) is 1. The second kappa shape index (κ2) is 9.12. The molecule has 6 atom stereocenters. The van der Waals surface area contributed by atoms with Crippen LogP contribution in [-0.2, 0) is 20.9 Å². The van der Waals surface area contributed by atoms with Crippen LogP contribution in [0.15, 0.2) is 64.8 Å². The lowest BCUT2D eigenvalue weighted by Crippen LogP contribution is -2.62. The number of hydrogen-bond donors (Lipinski definition) is 2. The maximum atomic E-state index is 14.3. The molecule has 0 aromatic heterocycles. The van der Waals surface area contributed by atoms with Gasteiger partial charge in [-0.05, 0) is 73.8 Å². The molecule has 0 amide bonds. The van der Waals surface area contributed by atoms with E-state index in [-0.39, 0.29) is 34.7 Å². The Morgan fingerprint density at radius 2 is 1.79 bits per heavy atom. The first-order valence-electron chi connectivity index (χ1n) is 14.8. The third-order valence-corrected chi connectivity index (χ3v) is 11.4. The van der Waals surface area contributed by atoms with E-state index in [4.69, 9.17) is 0 Å². The molecule has 1 aromatic carbocycles. The first-order chi connectivity index (χ1) is 18.5. The molecule has 0 aliphatic heterocycles. The molecular weight excluding hydrogens is 486 g/mol. The van der Waals surface area contributed by atoms with Crippen LogP contribution in [0.2, 0.25) is 0 Å². The van der Waals surface area contributed by atoms with Gasteiger partial charge < -0.3 is 10.4 Å². The zero-order valence-corrected chi connectivity index (χ0v) is 23.7. The van der Waals surface area contributed by atoms with Crippen molar-refractivity contribution in [3.63, 3.8) is 0 Å². The second-order valence-corrected chi connectivity index (χ2v) is 13.6. The third kappa shape index (κ3) is 3.72. The largest absolute Gasteiger partial charge is 0.481 e. The molecule has 2 fully saturated rings. The number of allylic oxidation sites excluding steroid dienone is 5. The van der Waals surface area contributed by atoms with Gasteiger partial charge >= 0.3 is 5.97 Å².